The molecular weight excluding hydrogens is 402 g/mol. The third kappa shape index (κ3) is 4.91. The minimum absolute atomic E-state index is 0.0880. The van der Waals surface area contributed by atoms with Crippen molar-refractivity contribution in [3.63, 3.8) is 0 Å². The molecule has 0 saturated carbocycles. The van der Waals surface area contributed by atoms with Gasteiger partial charge in [-0.3, -0.25) is 4.79 Å². The highest BCUT2D eigenvalue weighted by Gasteiger charge is 2.28. The Balaban J connectivity index is 1.65. The number of nitrogens with one attached hydrogen (secondary N) is 1. The number of hydrogen-bond acceptors (Lipinski definition) is 5. The van der Waals surface area contributed by atoms with E-state index in [1.165, 1.54) is 22.5 Å². The van der Waals surface area contributed by atoms with Gasteiger partial charge in [-0.05, 0) is 31.7 Å². The number of nitrogens with zero attached hydrogens (tertiary/aromatic N) is 4. The lowest BCUT2D eigenvalue weighted by atomic mass is 10.2. The number of likely N-dealkylation sites (N-methyl/N-ethyl adjacent to an activating group) is 1. The molecule has 152 valence electrons. The van der Waals surface area contributed by atoms with Crippen molar-refractivity contribution in [1.82, 2.24) is 24.1 Å². The molecule has 1 aromatic carbocycles. The number of halogens is 1. The van der Waals surface area contributed by atoms with E-state index in [0.717, 1.165) is 13.0 Å². The van der Waals surface area contributed by atoms with Crippen LogP contribution >= 0.6 is 11.6 Å². The molecule has 1 N–H and O–H groups in total. The van der Waals surface area contributed by atoms with Crippen molar-refractivity contribution in [3.05, 3.63) is 47.5 Å². The molecule has 1 saturated heterocycles. The average Bonchev–Trinajstić information content (AvgIpc) is 3.19. The summed E-state index contributed by atoms with van der Waals surface area (Å²) in [4.78, 5) is 18.6. The SMILES string of the molecule is CN1CCN(S(=O)(=O)c2ccc(Cl)c(C(=O)NCCCn3ccnc3)c2)CC1. The molecule has 0 bridgehead atoms. The molecule has 0 unspecified atom stereocenters. The Hall–Kier alpha value is -1.94. The van der Waals surface area contributed by atoms with Gasteiger partial charge < -0.3 is 14.8 Å². The Morgan fingerprint density at radius 1 is 1.25 bits per heavy atom. The predicted octanol–water partition coefficient (Wildman–Crippen LogP) is 1.29. The van der Waals surface area contributed by atoms with Gasteiger partial charge in [0, 0.05) is 51.7 Å². The lowest BCUT2D eigenvalue weighted by Crippen LogP contribution is -2.47. The van der Waals surface area contributed by atoms with Gasteiger partial charge in [-0.2, -0.15) is 4.31 Å². The van der Waals surface area contributed by atoms with Crippen LogP contribution in [0.5, 0.6) is 0 Å². The van der Waals surface area contributed by atoms with Crippen LogP contribution in [-0.2, 0) is 16.6 Å². The molecule has 2 aromatic rings. The minimum Gasteiger partial charge on any atom is -0.352 e. The zero-order chi connectivity index (χ0) is 20.1. The number of amides is 1. The lowest BCUT2D eigenvalue weighted by Gasteiger charge is -2.31. The first kappa shape index (κ1) is 20.8. The minimum atomic E-state index is -3.66. The maximum atomic E-state index is 12.9. The van der Waals surface area contributed by atoms with Gasteiger partial charge >= 0.3 is 0 Å². The second-order valence-electron chi connectivity index (χ2n) is 6.76. The van der Waals surface area contributed by atoms with E-state index in [1.54, 1.807) is 12.5 Å². The number of aromatic nitrogens is 2. The van der Waals surface area contributed by atoms with Crippen molar-refractivity contribution < 1.29 is 13.2 Å². The zero-order valence-electron chi connectivity index (χ0n) is 15.7. The Morgan fingerprint density at radius 2 is 2.00 bits per heavy atom. The van der Waals surface area contributed by atoms with Gasteiger partial charge in [0.1, 0.15) is 0 Å². The summed E-state index contributed by atoms with van der Waals surface area (Å²) in [7, 11) is -1.70. The molecule has 1 aromatic heterocycles. The highest BCUT2D eigenvalue weighted by atomic mass is 35.5. The van der Waals surface area contributed by atoms with Crippen LogP contribution in [0, 0.1) is 0 Å². The van der Waals surface area contributed by atoms with Crippen LogP contribution < -0.4 is 5.32 Å². The number of rotatable bonds is 7. The van der Waals surface area contributed by atoms with Gasteiger partial charge in [0.15, 0.2) is 0 Å². The van der Waals surface area contributed by atoms with Gasteiger partial charge in [-0.1, -0.05) is 11.6 Å². The molecular formula is C18H24ClN5O3S. The van der Waals surface area contributed by atoms with Crippen LogP contribution in [0.1, 0.15) is 16.8 Å². The van der Waals surface area contributed by atoms with Gasteiger partial charge in [-0.15, -0.1) is 0 Å². The molecule has 1 fully saturated rings. The van der Waals surface area contributed by atoms with E-state index < -0.39 is 10.0 Å². The van der Waals surface area contributed by atoms with Crippen LogP contribution in [0.4, 0.5) is 0 Å². The number of carbonyl (C=O) groups excluding carboxylic acids is 1. The number of hydrogen-bond donors (Lipinski definition) is 1. The fourth-order valence-electron chi connectivity index (χ4n) is 2.99. The van der Waals surface area contributed by atoms with E-state index in [4.69, 9.17) is 11.6 Å². The molecule has 0 spiro atoms. The summed E-state index contributed by atoms with van der Waals surface area (Å²) in [6.45, 7) is 3.39. The van der Waals surface area contributed by atoms with Gasteiger partial charge in [0.2, 0.25) is 10.0 Å². The van der Waals surface area contributed by atoms with Crippen molar-refractivity contribution in [2.24, 2.45) is 0 Å². The predicted molar refractivity (Wildman–Crippen MR) is 107 cm³/mol. The molecule has 3 rings (SSSR count). The quantitative estimate of drug-likeness (QED) is 0.675. The summed E-state index contributed by atoms with van der Waals surface area (Å²) < 4.78 is 29.2. The summed E-state index contributed by atoms with van der Waals surface area (Å²) in [5.74, 6) is -0.383. The molecule has 2 heterocycles. The van der Waals surface area contributed by atoms with Crippen LogP contribution in [0.2, 0.25) is 5.02 Å². The highest BCUT2D eigenvalue weighted by Crippen LogP contribution is 2.23. The number of aryl methyl sites for hydroxylation is 1. The smallest absolute Gasteiger partial charge is 0.252 e. The molecule has 0 atom stereocenters. The lowest BCUT2D eigenvalue weighted by molar-refractivity contribution is 0.0952. The summed E-state index contributed by atoms with van der Waals surface area (Å²) in [5.41, 5.74) is 0.166. The maximum absolute atomic E-state index is 12.9. The normalized spacial score (nSPS) is 16.2. The topological polar surface area (TPSA) is 87.5 Å². The van der Waals surface area contributed by atoms with Crippen molar-refractivity contribution in [3.8, 4) is 0 Å². The number of sulfonamides is 1. The molecule has 1 aliphatic heterocycles. The summed E-state index contributed by atoms with van der Waals surface area (Å²) >= 11 is 6.15. The first-order valence-electron chi connectivity index (χ1n) is 9.10. The molecule has 0 radical (unpaired) electrons. The standard InChI is InChI=1S/C18H24ClN5O3S/c1-22-9-11-24(12-10-22)28(26,27)15-3-4-17(19)16(13-15)18(25)21-5-2-7-23-8-6-20-14-23/h3-4,6,8,13-14H,2,5,7,9-12H2,1H3,(H,21,25). The number of piperazine rings is 1. The number of benzene rings is 1. The fourth-order valence-corrected chi connectivity index (χ4v) is 4.65. The average molecular weight is 426 g/mol. The maximum Gasteiger partial charge on any atom is 0.252 e. The van der Waals surface area contributed by atoms with E-state index in [0.29, 0.717) is 32.7 Å². The fraction of sp³-hybridized carbons (Fsp3) is 0.444. The monoisotopic (exact) mass is 425 g/mol. The Kier molecular flexibility index (Phi) is 6.71. The van der Waals surface area contributed by atoms with E-state index in [2.05, 4.69) is 15.2 Å². The third-order valence-electron chi connectivity index (χ3n) is 4.72. The first-order valence-corrected chi connectivity index (χ1v) is 10.9. The summed E-state index contributed by atoms with van der Waals surface area (Å²) in [6, 6.07) is 4.28. The van der Waals surface area contributed by atoms with Crippen molar-refractivity contribution in [1.29, 1.82) is 0 Å². The van der Waals surface area contributed by atoms with Gasteiger partial charge in [0.05, 0.1) is 21.8 Å². The Bertz CT molecular complexity index is 909. The van der Waals surface area contributed by atoms with E-state index >= 15 is 0 Å². The third-order valence-corrected chi connectivity index (χ3v) is 6.94. The van der Waals surface area contributed by atoms with Gasteiger partial charge in [0.25, 0.3) is 5.91 Å². The molecule has 1 aliphatic rings. The van der Waals surface area contributed by atoms with Crippen molar-refractivity contribution in [2.45, 2.75) is 17.9 Å². The molecule has 10 heteroatoms. The first-order chi connectivity index (χ1) is 13.4. The van der Waals surface area contributed by atoms with Crippen LogP contribution in [0.15, 0.2) is 41.8 Å². The summed E-state index contributed by atoms with van der Waals surface area (Å²) in [6.07, 6.45) is 5.99. The van der Waals surface area contributed by atoms with Gasteiger partial charge in [-0.25, -0.2) is 13.4 Å². The van der Waals surface area contributed by atoms with E-state index in [-0.39, 0.29) is 21.4 Å². The van der Waals surface area contributed by atoms with Crippen molar-refractivity contribution >= 4 is 27.5 Å². The van der Waals surface area contributed by atoms with Crippen LogP contribution in [0.3, 0.4) is 0 Å². The second-order valence-corrected chi connectivity index (χ2v) is 9.10. The Morgan fingerprint density at radius 3 is 2.68 bits per heavy atom. The zero-order valence-corrected chi connectivity index (χ0v) is 17.3. The summed E-state index contributed by atoms with van der Waals surface area (Å²) in [5, 5.41) is 3.02. The van der Waals surface area contributed by atoms with E-state index in [1.807, 2.05) is 17.8 Å². The second kappa shape index (κ2) is 9.04. The molecule has 1 amide bonds. The van der Waals surface area contributed by atoms with Crippen molar-refractivity contribution in [2.75, 3.05) is 39.8 Å². The van der Waals surface area contributed by atoms with Crippen LogP contribution in [0.25, 0.3) is 0 Å². The largest absolute Gasteiger partial charge is 0.352 e. The Labute approximate surface area is 170 Å². The molecule has 0 aliphatic carbocycles. The highest BCUT2D eigenvalue weighted by molar-refractivity contribution is 7.89. The van der Waals surface area contributed by atoms with Crippen LogP contribution in [-0.4, -0.2) is 72.9 Å². The molecule has 28 heavy (non-hydrogen) atoms. The number of carbonyl (C=O) groups is 1. The van der Waals surface area contributed by atoms with E-state index in [9.17, 15) is 13.2 Å². The molecule has 8 nitrogen and oxygen atoms in total. The number of imidazole rings is 1.